The van der Waals surface area contributed by atoms with Crippen LogP contribution in [0.5, 0.6) is 0 Å². The van der Waals surface area contributed by atoms with Crippen LogP contribution in [0.3, 0.4) is 0 Å². The number of benzene rings is 2. The van der Waals surface area contributed by atoms with Gasteiger partial charge in [-0.05, 0) is 56.2 Å². The molecule has 0 aliphatic heterocycles. The number of amides is 1. The van der Waals surface area contributed by atoms with E-state index in [1.165, 1.54) is 25.1 Å². The number of aryl methyl sites for hydroxylation is 2. The van der Waals surface area contributed by atoms with Crippen LogP contribution in [0.25, 0.3) is 0 Å². The van der Waals surface area contributed by atoms with E-state index in [9.17, 15) is 13.2 Å². The lowest BCUT2D eigenvalue weighted by Gasteiger charge is -2.28. The summed E-state index contributed by atoms with van der Waals surface area (Å²) >= 11 is 12.0. The van der Waals surface area contributed by atoms with Gasteiger partial charge < -0.3 is 5.32 Å². The van der Waals surface area contributed by atoms with Crippen molar-refractivity contribution in [3.8, 4) is 0 Å². The van der Waals surface area contributed by atoms with Crippen LogP contribution in [-0.4, -0.2) is 26.6 Å². The van der Waals surface area contributed by atoms with Crippen molar-refractivity contribution < 1.29 is 13.2 Å². The molecule has 0 heterocycles. The van der Waals surface area contributed by atoms with Gasteiger partial charge in [0.1, 0.15) is 6.04 Å². The van der Waals surface area contributed by atoms with Crippen molar-refractivity contribution in [1.82, 2.24) is 0 Å². The summed E-state index contributed by atoms with van der Waals surface area (Å²) in [5.41, 5.74) is 2.74. The summed E-state index contributed by atoms with van der Waals surface area (Å²) in [6.07, 6.45) is 1.03. The average molecular weight is 415 g/mol. The lowest BCUT2D eigenvalue weighted by atomic mass is 10.1. The van der Waals surface area contributed by atoms with Gasteiger partial charge in [0, 0.05) is 15.7 Å². The van der Waals surface area contributed by atoms with Crippen molar-refractivity contribution in [2.24, 2.45) is 0 Å². The van der Waals surface area contributed by atoms with Crippen LogP contribution < -0.4 is 9.62 Å². The number of nitrogens with zero attached hydrogens (tertiary/aromatic N) is 1. The summed E-state index contributed by atoms with van der Waals surface area (Å²) in [5.74, 6) is -0.458. The Bertz CT molecular complexity index is 925. The predicted octanol–water partition coefficient (Wildman–Crippen LogP) is 4.40. The van der Waals surface area contributed by atoms with Gasteiger partial charge in [-0.25, -0.2) is 8.42 Å². The lowest BCUT2D eigenvalue weighted by molar-refractivity contribution is -0.116. The Balaban J connectivity index is 2.39. The maximum Gasteiger partial charge on any atom is 0.248 e. The summed E-state index contributed by atoms with van der Waals surface area (Å²) in [4.78, 5) is 12.7. The first kappa shape index (κ1) is 20.6. The van der Waals surface area contributed by atoms with Crippen molar-refractivity contribution in [3.63, 3.8) is 0 Å². The van der Waals surface area contributed by atoms with E-state index in [0.717, 1.165) is 21.7 Å². The number of hydrogen-bond donors (Lipinski definition) is 1. The topological polar surface area (TPSA) is 66.5 Å². The number of hydrogen-bond acceptors (Lipinski definition) is 3. The zero-order chi connectivity index (χ0) is 19.6. The lowest BCUT2D eigenvalue weighted by Crippen LogP contribution is -2.45. The molecule has 0 bridgehead atoms. The Morgan fingerprint density at radius 2 is 1.65 bits per heavy atom. The largest absolute Gasteiger partial charge is 0.324 e. The monoisotopic (exact) mass is 414 g/mol. The summed E-state index contributed by atoms with van der Waals surface area (Å²) in [5, 5.41) is 3.35. The van der Waals surface area contributed by atoms with E-state index in [2.05, 4.69) is 5.32 Å². The molecular weight excluding hydrogens is 395 g/mol. The van der Waals surface area contributed by atoms with Crippen LogP contribution in [0.15, 0.2) is 36.4 Å². The number of carbonyl (C=O) groups excluding carboxylic acids is 1. The summed E-state index contributed by atoms with van der Waals surface area (Å²) < 4.78 is 25.7. The second-order valence-electron chi connectivity index (χ2n) is 6.17. The van der Waals surface area contributed by atoms with Crippen LogP contribution in [0.2, 0.25) is 10.0 Å². The molecule has 140 valence electrons. The highest BCUT2D eigenvalue weighted by atomic mass is 35.5. The predicted molar refractivity (Wildman–Crippen MR) is 108 cm³/mol. The molecule has 1 amide bonds. The van der Waals surface area contributed by atoms with Gasteiger partial charge in [0.2, 0.25) is 15.9 Å². The van der Waals surface area contributed by atoms with Crippen LogP contribution in [0, 0.1) is 13.8 Å². The molecule has 0 unspecified atom stereocenters. The van der Waals surface area contributed by atoms with Gasteiger partial charge in [-0.3, -0.25) is 9.10 Å². The third-order valence-electron chi connectivity index (χ3n) is 3.84. The molecular formula is C18H20Cl2N2O3S. The Labute approximate surface area is 164 Å². The molecule has 8 heteroatoms. The minimum atomic E-state index is -3.75. The number of nitrogens with one attached hydrogen (secondary N) is 1. The van der Waals surface area contributed by atoms with Crippen LogP contribution in [0.1, 0.15) is 18.1 Å². The highest BCUT2D eigenvalue weighted by Gasteiger charge is 2.29. The Morgan fingerprint density at radius 3 is 2.19 bits per heavy atom. The number of sulfonamides is 1. The standard InChI is InChI=1S/C18H20Cl2N2O3S/c1-11-5-6-12(2)17(7-11)21-18(23)13(3)22(26(4,24)25)16-9-14(19)8-15(20)10-16/h5-10,13H,1-4H3,(H,21,23)/t13-/m0/s1. The normalized spacial score (nSPS) is 12.5. The fourth-order valence-corrected chi connectivity index (χ4v) is 4.26. The number of anilines is 2. The summed E-state index contributed by atoms with van der Waals surface area (Å²) in [6.45, 7) is 5.29. The Hall–Kier alpha value is -1.76. The summed E-state index contributed by atoms with van der Waals surface area (Å²) in [7, 11) is -3.75. The van der Waals surface area contributed by atoms with Crippen molar-refractivity contribution in [2.45, 2.75) is 26.8 Å². The second-order valence-corrected chi connectivity index (χ2v) is 8.90. The average Bonchev–Trinajstić information content (AvgIpc) is 2.48. The van der Waals surface area contributed by atoms with Crippen LogP contribution >= 0.6 is 23.2 Å². The highest BCUT2D eigenvalue weighted by Crippen LogP contribution is 2.29. The molecule has 2 rings (SSSR count). The molecule has 2 aromatic carbocycles. The zero-order valence-corrected chi connectivity index (χ0v) is 17.2. The van der Waals surface area contributed by atoms with Gasteiger partial charge in [0.05, 0.1) is 11.9 Å². The van der Waals surface area contributed by atoms with Crippen molar-refractivity contribution in [3.05, 3.63) is 57.6 Å². The minimum Gasteiger partial charge on any atom is -0.324 e. The molecule has 0 aliphatic rings. The molecule has 0 radical (unpaired) electrons. The molecule has 0 spiro atoms. The minimum absolute atomic E-state index is 0.230. The first-order chi connectivity index (χ1) is 12.0. The fraction of sp³-hybridized carbons (Fsp3) is 0.278. The van der Waals surface area contributed by atoms with Crippen molar-refractivity contribution in [1.29, 1.82) is 0 Å². The van der Waals surface area contributed by atoms with E-state index < -0.39 is 22.0 Å². The second kappa shape index (κ2) is 7.86. The van der Waals surface area contributed by atoms with Gasteiger partial charge in [-0.1, -0.05) is 35.3 Å². The molecule has 2 aromatic rings. The maximum atomic E-state index is 12.7. The number of carbonyl (C=O) groups is 1. The fourth-order valence-electron chi connectivity index (χ4n) is 2.58. The molecule has 1 atom stereocenters. The van der Waals surface area contributed by atoms with Gasteiger partial charge in [-0.15, -0.1) is 0 Å². The SMILES string of the molecule is Cc1ccc(C)c(NC(=O)[C@H](C)N(c2cc(Cl)cc(Cl)c2)S(C)(=O)=O)c1. The third-order valence-corrected chi connectivity index (χ3v) is 5.52. The molecule has 0 saturated heterocycles. The first-order valence-electron chi connectivity index (χ1n) is 7.82. The Morgan fingerprint density at radius 1 is 1.08 bits per heavy atom. The van der Waals surface area contributed by atoms with Gasteiger partial charge in [0.25, 0.3) is 0 Å². The van der Waals surface area contributed by atoms with E-state index in [-0.39, 0.29) is 15.7 Å². The van der Waals surface area contributed by atoms with Crippen LogP contribution in [-0.2, 0) is 14.8 Å². The molecule has 0 fully saturated rings. The molecule has 0 aromatic heterocycles. The van der Waals surface area contributed by atoms with E-state index >= 15 is 0 Å². The van der Waals surface area contributed by atoms with E-state index in [1.54, 1.807) is 0 Å². The van der Waals surface area contributed by atoms with E-state index in [4.69, 9.17) is 23.2 Å². The van der Waals surface area contributed by atoms with E-state index in [0.29, 0.717) is 5.69 Å². The van der Waals surface area contributed by atoms with Crippen molar-refractivity contribution >= 4 is 50.5 Å². The zero-order valence-electron chi connectivity index (χ0n) is 14.9. The summed E-state index contributed by atoms with van der Waals surface area (Å²) in [6, 6.07) is 9.06. The number of rotatable bonds is 5. The van der Waals surface area contributed by atoms with Gasteiger partial charge >= 0.3 is 0 Å². The van der Waals surface area contributed by atoms with Crippen LogP contribution in [0.4, 0.5) is 11.4 Å². The van der Waals surface area contributed by atoms with Gasteiger partial charge in [-0.2, -0.15) is 0 Å². The molecule has 0 saturated carbocycles. The highest BCUT2D eigenvalue weighted by molar-refractivity contribution is 7.92. The molecule has 5 nitrogen and oxygen atoms in total. The van der Waals surface area contributed by atoms with Gasteiger partial charge in [0.15, 0.2) is 0 Å². The smallest absolute Gasteiger partial charge is 0.248 e. The molecule has 0 aliphatic carbocycles. The van der Waals surface area contributed by atoms with Crippen molar-refractivity contribution in [2.75, 3.05) is 15.9 Å². The molecule has 1 N–H and O–H groups in total. The number of halogens is 2. The Kier molecular flexibility index (Phi) is 6.21. The maximum absolute atomic E-state index is 12.7. The first-order valence-corrected chi connectivity index (χ1v) is 10.4. The quantitative estimate of drug-likeness (QED) is 0.787. The molecule has 26 heavy (non-hydrogen) atoms. The van der Waals surface area contributed by atoms with E-state index in [1.807, 2.05) is 32.0 Å². The third kappa shape index (κ3) is 4.90.